The number of nitrogens with zero attached hydrogens (tertiary/aromatic N) is 3. The van der Waals surface area contributed by atoms with Crippen LogP contribution in [0.25, 0.3) is 11.0 Å². The summed E-state index contributed by atoms with van der Waals surface area (Å²) in [6, 6.07) is 6.21. The molecule has 2 heterocycles. The molecule has 2 aromatic rings. The summed E-state index contributed by atoms with van der Waals surface area (Å²) in [5.41, 5.74) is 3.15. The number of hydrogen-bond donors (Lipinski definition) is 1. The van der Waals surface area contributed by atoms with E-state index in [0.717, 1.165) is 30.7 Å². The van der Waals surface area contributed by atoms with E-state index in [1.54, 1.807) is 12.4 Å². The summed E-state index contributed by atoms with van der Waals surface area (Å²) in [6.45, 7) is 3.23. The number of aromatic nitrogens is 2. The predicted molar refractivity (Wildman–Crippen MR) is 65.4 cm³/mol. The fraction of sp³-hybridized carbons (Fsp3) is 0.385. The maximum Gasteiger partial charge on any atom is 0.0890 e. The van der Waals surface area contributed by atoms with Crippen LogP contribution < -0.4 is 0 Å². The van der Waals surface area contributed by atoms with Gasteiger partial charge in [0.05, 0.1) is 11.0 Å². The van der Waals surface area contributed by atoms with Gasteiger partial charge in [-0.1, -0.05) is 6.07 Å². The molecule has 1 fully saturated rings. The van der Waals surface area contributed by atoms with Gasteiger partial charge in [0.1, 0.15) is 0 Å². The SMILES string of the molecule is OCC1CN(Cc2ccc3nccnc3c2)C1. The maximum absolute atomic E-state index is 8.97. The average Bonchev–Trinajstić information content (AvgIpc) is 2.33. The van der Waals surface area contributed by atoms with Gasteiger partial charge in [-0.2, -0.15) is 0 Å². The first-order valence-electron chi connectivity index (χ1n) is 5.88. The van der Waals surface area contributed by atoms with Gasteiger partial charge in [0.2, 0.25) is 0 Å². The molecule has 0 atom stereocenters. The molecule has 4 nitrogen and oxygen atoms in total. The van der Waals surface area contributed by atoms with Crippen LogP contribution in [0.1, 0.15) is 5.56 Å². The molecule has 88 valence electrons. The van der Waals surface area contributed by atoms with Crippen LogP contribution >= 0.6 is 0 Å². The lowest BCUT2D eigenvalue weighted by molar-refractivity contribution is 0.0479. The van der Waals surface area contributed by atoms with Crippen LogP contribution in [0.4, 0.5) is 0 Å². The fourth-order valence-corrected chi connectivity index (χ4v) is 2.29. The van der Waals surface area contributed by atoms with E-state index < -0.39 is 0 Å². The van der Waals surface area contributed by atoms with Crippen molar-refractivity contribution in [2.45, 2.75) is 6.54 Å². The predicted octanol–water partition coefficient (Wildman–Crippen LogP) is 1.05. The van der Waals surface area contributed by atoms with Crippen molar-refractivity contribution in [2.75, 3.05) is 19.7 Å². The van der Waals surface area contributed by atoms with E-state index in [9.17, 15) is 0 Å². The summed E-state index contributed by atoms with van der Waals surface area (Å²) < 4.78 is 0. The molecule has 0 amide bonds. The van der Waals surface area contributed by atoms with Gasteiger partial charge in [-0.25, -0.2) is 0 Å². The monoisotopic (exact) mass is 229 g/mol. The molecule has 1 aromatic heterocycles. The smallest absolute Gasteiger partial charge is 0.0890 e. The molecule has 1 aliphatic rings. The Morgan fingerprint density at radius 1 is 1.18 bits per heavy atom. The van der Waals surface area contributed by atoms with E-state index in [1.807, 2.05) is 6.07 Å². The van der Waals surface area contributed by atoms with E-state index >= 15 is 0 Å². The molecular formula is C13H15N3O. The zero-order valence-electron chi connectivity index (χ0n) is 9.58. The molecule has 0 spiro atoms. The van der Waals surface area contributed by atoms with Crippen molar-refractivity contribution in [3.8, 4) is 0 Å². The average molecular weight is 229 g/mol. The lowest BCUT2D eigenvalue weighted by atomic mass is 10.0. The summed E-state index contributed by atoms with van der Waals surface area (Å²) >= 11 is 0. The summed E-state index contributed by atoms with van der Waals surface area (Å²) in [5, 5.41) is 8.97. The summed E-state index contributed by atoms with van der Waals surface area (Å²) in [4.78, 5) is 10.9. The lowest BCUT2D eigenvalue weighted by Gasteiger charge is -2.38. The highest BCUT2D eigenvalue weighted by Gasteiger charge is 2.25. The topological polar surface area (TPSA) is 49.2 Å². The van der Waals surface area contributed by atoms with Crippen LogP contribution in [0.3, 0.4) is 0 Å². The first-order chi connectivity index (χ1) is 8.35. The second-order valence-corrected chi connectivity index (χ2v) is 4.62. The third kappa shape index (κ3) is 2.14. The largest absolute Gasteiger partial charge is 0.396 e. The Kier molecular flexibility index (Phi) is 2.74. The van der Waals surface area contributed by atoms with Gasteiger partial charge in [-0.05, 0) is 17.7 Å². The molecule has 4 heteroatoms. The zero-order chi connectivity index (χ0) is 11.7. The molecule has 1 aromatic carbocycles. The van der Waals surface area contributed by atoms with Crippen molar-refractivity contribution in [1.82, 2.24) is 14.9 Å². The van der Waals surface area contributed by atoms with Crippen molar-refractivity contribution in [3.63, 3.8) is 0 Å². The van der Waals surface area contributed by atoms with Crippen molar-refractivity contribution < 1.29 is 5.11 Å². The van der Waals surface area contributed by atoms with Crippen LogP contribution in [-0.4, -0.2) is 39.7 Å². The van der Waals surface area contributed by atoms with Crippen LogP contribution in [0.2, 0.25) is 0 Å². The normalized spacial score (nSPS) is 17.2. The minimum atomic E-state index is 0.305. The van der Waals surface area contributed by atoms with Crippen molar-refractivity contribution in [3.05, 3.63) is 36.2 Å². The molecule has 0 unspecified atom stereocenters. The second-order valence-electron chi connectivity index (χ2n) is 4.62. The van der Waals surface area contributed by atoms with Gasteiger partial charge in [-0.15, -0.1) is 0 Å². The minimum Gasteiger partial charge on any atom is -0.396 e. The Bertz CT molecular complexity index is 523. The number of benzene rings is 1. The van der Waals surface area contributed by atoms with Gasteiger partial charge in [0.25, 0.3) is 0 Å². The Labute approximate surface area is 99.9 Å². The number of aliphatic hydroxyl groups excluding tert-OH is 1. The molecule has 1 saturated heterocycles. The van der Waals surface area contributed by atoms with Crippen molar-refractivity contribution >= 4 is 11.0 Å². The quantitative estimate of drug-likeness (QED) is 0.854. The van der Waals surface area contributed by atoms with E-state index in [1.165, 1.54) is 5.56 Å². The maximum atomic E-state index is 8.97. The van der Waals surface area contributed by atoms with Gasteiger partial charge in [0, 0.05) is 44.6 Å². The van der Waals surface area contributed by atoms with Crippen LogP contribution in [0, 0.1) is 5.92 Å². The van der Waals surface area contributed by atoms with E-state index in [4.69, 9.17) is 5.11 Å². The Balaban J connectivity index is 1.73. The molecule has 1 N–H and O–H groups in total. The lowest BCUT2D eigenvalue weighted by Crippen LogP contribution is -2.47. The van der Waals surface area contributed by atoms with Crippen molar-refractivity contribution in [1.29, 1.82) is 0 Å². The number of fused-ring (bicyclic) bond motifs is 1. The van der Waals surface area contributed by atoms with Crippen molar-refractivity contribution in [2.24, 2.45) is 5.92 Å². The number of aliphatic hydroxyl groups is 1. The molecule has 17 heavy (non-hydrogen) atoms. The highest BCUT2D eigenvalue weighted by Crippen LogP contribution is 2.19. The Morgan fingerprint density at radius 2 is 1.94 bits per heavy atom. The molecule has 0 bridgehead atoms. The van der Waals surface area contributed by atoms with E-state index in [-0.39, 0.29) is 0 Å². The van der Waals surface area contributed by atoms with Gasteiger partial charge in [0.15, 0.2) is 0 Å². The minimum absolute atomic E-state index is 0.305. The summed E-state index contributed by atoms with van der Waals surface area (Å²) in [5.74, 6) is 0.468. The number of likely N-dealkylation sites (tertiary alicyclic amines) is 1. The van der Waals surface area contributed by atoms with Crippen LogP contribution in [0.5, 0.6) is 0 Å². The van der Waals surface area contributed by atoms with Gasteiger partial charge >= 0.3 is 0 Å². The molecule has 0 aliphatic carbocycles. The molecule has 1 aliphatic heterocycles. The highest BCUT2D eigenvalue weighted by atomic mass is 16.3. The Hall–Kier alpha value is -1.52. The highest BCUT2D eigenvalue weighted by molar-refractivity contribution is 5.74. The summed E-state index contributed by atoms with van der Waals surface area (Å²) in [7, 11) is 0. The summed E-state index contributed by atoms with van der Waals surface area (Å²) in [6.07, 6.45) is 3.43. The molecule has 0 saturated carbocycles. The van der Waals surface area contributed by atoms with Crippen LogP contribution in [-0.2, 0) is 6.54 Å². The second kappa shape index (κ2) is 4.39. The number of hydrogen-bond acceptors (Lipinski definition) is 4. The Morgan fingerprint density at radius 3 is 2.71 bits per heavy atom. The zero-order valence-corrected chi connectivity index (χ0v) is 9.58. The third-order valence-corrected chi connectivity index (χ3v) is 3.23. The number of rotatable bonds is 3. The fourth-order valence-electron chi connectivity index (χ4n) is 2.29. The van der Waals surface area contributed by atoms with E-state index in [2.05, 4.69) is 27.0 Å². The van der Waals surface area contributed by atoms with Gasteiger partial charge in [-0.3, -0.25) is 14.9 Å². The molecule has 3 rings (SSSR count). The molecule has 0 radical (unpaired) electrons. The first-order valence-corrected chi connectivity index (χ1v) is 5.88. The van der Waals surface area contributed by atoms with E-state index in [0.29, 0.717) is 12.5 Å². The standard InChI is InChI=1S/C13H15N3O/c17-9-11-7-16(8-11)6-10-1-2-12-13(5-10)15-4-3-14-12/h1-5,11,17H,6-9H2. The first kappa shape index (κ1) is 10.6. The van der Waals surface area contributed by atoms with Gasteiger partial charge < -0.3 is 5.11 Å². The molecular weight excluding hydrogens is 214 g/mol. The van der Waals surface area contributed by atoms with Crippen LogP contribution in [0.15, 0.2) is 30.6 Å². The third-order valence-electron chi connectivity index (χ3n) is 3.23.